The highest BCUT2D eigenvalue weighted by Crippen LogP contribution is 2.39. The molecule has 1 unspecified atom stereocenters. The van der Waals surface area contributed by atoms with Gasteiger partial charge in [0, 0.05) is 43.0 Å². The van der Waals surface area contributed by atoms with E-state index in [9.17, 15) is 4.79 Å². The number of aromatic nitrogens is 1. The molecule has 1 atom stereocenters. The number of carbonyl (C=O) groups excluding carboxylic acids is 1. The van der Waals surface area contributed by atoms with Gasteiger partial charge in [-0.25, -0.2) is 0 Å². The number of anilines is 1. The summed E-state index contributed by atoms with van der Waals surface area (Å²) in [6.45, 7) is 1.81. The third-order valence-corrected chi connectivity index (χ3v) is 7.97. The van der Waals surface area contributed by atoms with E-state index in [0.717, 1.165) is 77.9 Å². The van der Waals surface area contributed by atoms with Crippen LogP contribution >= 0.6 is 11.8 Å². The highest BCUT2D eigenvalue weighted by Gasteiger charge is 2.27. The largest absolute Gasteiger partial charge is 0.493 e. The monoisotopic (exact) mass is 472 g/mol. The van der Waals surface area contributed by atoms with Gasteiger partial charge in [0.15, 0.2) is 17.8 Å². The molecule has 2 aromatic carbocycles. The predicted molar refractivity (Wildman–Crippen MR) is 139 cm³/mol. The van der Waals surface area contributed by atoms with Crippen molar-refractivity contribution in [1.82, 2.24) is 4.57 Å². The van der Waals surface area contributed by atoms with Crippen LogP contribution in [0.1, 0.15) is 34.3 Å². The summed E-state index contributed by atoms with van der Waals surface area (Å²) < 4.78 is 13.7. The number of methoxy groups -OCH3 is 1. The lowest BCUT2D eigenvalue weighted by Gasteiger charge is -2.32. The van der Waals surface area contributed by atoms with E-state index in [1.807, 2.05) is 31.1 Å². The Morgan fingerprint density at radius 1 is 1.18 bits per heavy atom. The quantitative estimate of drug-likeness (QED) is 0.425. The smallest absolute Gasteiger partial charge is 0.161 e. The first-order valence-electron chi connectivity index (χ1n) is 11.8. The molecule has 3 aliphatic rings. The molecule has 3 aromatic rings. The number of allylic oxidation sites excluding steroid dienone is 1. The molecule has 0 spiro atoms. The van der Waals surface area contributed by atoms with Crippen LogP contribution in [0.25, 0.3) is 10.9 Å². The zero-order chi connectivity index (χ0) is 23.2. The number of ether oxygens (including phenoxy) is 2. The molecule has 5 nitrogen and oxygen atoms in total. The van der Waals surface area contributed by atoms with Crippen molar-refractivity contribution in [2.75, 3.05) is 25.1 Å². The van der Waals surface area contributed by atoms with Gasteiger partial charge in [-0.3, -0.25) is 4.79 Å². The zero-order valence-electron chi connectivity index (χ0n) is 19.5. The number of benzene rings is 2. The second-order valence-electron chi connectivity index (χ2n) is 9.30. The van der Waals surface area contributed by atoms with Gasteiger partial charge in [-0.1, -0.05) is 24.3 Å². The second-order valence-corrected chi connectivity index (χ2v) is 10.4. The third kappa shape index (κ3) is 3.80. The molecule has 0 radical (unpaired) electrons. The average molecular weight is 473 g/mol. The summed E-state index contributed by atoms with van der Waals surface area (Å²) in [5.74, 6) is 1.59. The highest BCUT2D eigenvalue weighted by molar-refractivity contribution is 8.03. The minimum absolute atomic E-state index is 0.330. The third-order valence-electron chi connectivity index (χ3n) is 6.93. The second kappa shape index (κ2) is 8.58. The van der Waals surface area contributed by atoms with Gasteiger partial charge in [0.2, 0.25) is 0 Å². The molecule has 1 saturated carbocycles. The van der Waals surface area contributed by atoms with Crippen molar-refractivity contribution in [3.05, 3.63) is 76.4 Å². The number of hydrogen-bond donors (Lipinski definition) is 0. The van der Waals surface area contributed by atoms with Crippen LogP contribution in [0.4, 0.5) is 5.69 Å². The van der Waals surface area contributed by atoms with Gasteiger partial charge in [0.05, 0.1) is 24.0 Å². The maximum atomic E-state index is 12.0. The Morgan fingerprint density at radius 3 is 2.85 bits per heavy atom. The summed E-state index contributed by atoms with van der Waals surface area (Å²) in [5, 5.41) is 3.70. The summed E-state index contributed by atoms with van der Waals surface area (Å²) in [6.07, 6.45) is 10.8. The Hall–Kier alpha value is -3.12. The first-order valence-corrected chi connectivity index (χ1v) is 12.8. The number of thioether (sulfide) groups is 1. The van der Waals surface area contributed by atoms with E-state index in [-0.39, 0.29) is 0 Å². The SMILES string of the molecule is COc1cc(Cc2ccc(N3CC=C4C=CSC4C3)c3c(C=O)cn(C)c23)ccc1OC1CC1. The van der Waals surface area contributed by atoms with Gasteiger partial charge in [-0.2, -0.15) is 0 Å². The first kappa shape index (κ1) is 21.4. The fraction of sp³-hybridized carbons (Fsp3) is 0.321. The lowest BCUT2D eigenvalue weighted by Crippen LogP contribution is -2.35. The van der Waals surface area contributed by atoms with Crippen LogP contribution < -0.4 is 14.4 Å². The number of aryl methyl sites for hydroxylation is 1. The number of carbonyl (C=O) groups is 1. The zero-order valence-corrected chi connectivity index (χ0v) is 20.3. The molecule has 6 heteroatoms. The van der Waals surface area contributed by atoms with Crippen LogP contribution in [0, 0.1) is 0 Å². The molecule has 0 bridgehead atoms. The van der Waals surface area contributed by atoms with Crippen LogP contribution in [0.2, 0.25) is 0 Å². The molecule has 1 aromatic heterocycles. The number of rotatable bonds is 7. The molecule has 2 aliphatic heterocycles. The molecule has 34 heavy (non-hydrogen) atoms. The Kier molecular flexibility index (Phi) is 5.41. The molecule has 1 fully saturated rings. The summed E-state index contributed by atoms with van der Waals surface area (Å²) in [6, 6.07) is 10.6. The van der Waals surface area contributed by atoms with Gasteiger partial charge in [0.25, 0.3) is 0 Å². The minimum Gasteiger partial charge on any atom is -0.493 e. The van der Waals surface area contributed by atoms with E-state index in [2.05, 4.69) is 51.3 Å². The van der Waals surface area contributed by atoms with Crippen molar-refractivity contribution in [3.8, 4) is 11.5 Å². The van der Waals surface area contributed by atoms with Crippen LogP contribution in [-0.4, -0.2) is 42.4 Å². The van der Waals surface area contributed by atoms with Crippen molar-refractivity contribution in [3.63, 3.8) is 0 Å². The highest BCUT2D eigenvalue weighted by atomic mass is 32.2. The van der Waals surface area contributed by atoms with Crippen LogP contribution in [-0.2, 0) is 13.5 Å². The van der Waals surface area contributed by atoms with Gasteiger partial charge in [0.1, 0.15) is 0 Å². The summed E-state index contributed by atoms with van der Waals surface area (Å²) >= 11 is 1.87. The lowest BCUT2D eigenvalue weighted by molar-refractivity contribution is 0.112. The van der Waals surface area contributed by atoms with Crippen molar-refractivity contribution < 1.29 is 14.3 Å². The van der Waals surface area contributed by atoms with E-state index < -0.39 is 0 Å². The lowest BCUT2D eigenvalue weighted by atomic mass is 9.98. The molecule has 0 amide bonds. The molecule has 3 heterocycles. The normalized spacial score (nSPS) is 19.3. The summed E-state index contributed by atoms with van der Waals surface area (Å²) in [7, 11) is 3.72. The summed E-state index contributed by atoms with van der Waals surface area (Å²) in [4.78, 5) is 14.4. The minimum atomic E-state index is 0.330. The van der Waals surface area contributed by atoms with Gasteiger partial charge in [-0.05, 0) is 59.6 Å². The van der Waals surface area contributed by atoms with E-state index in [1.165, 1.54) is 11.1 Å². The molecule has 0 N–H and O–H groups in total. The van der Waals surface area contributed by atoms with Crippen molar-refractivity contribution in [1.29, 1.82) is 0 Å². The van der Waals surface area contributed by atoms with Gasteiger partial charge in [-0.15, -0.1) is 11.8 Å². The average Bonchev–Trinajstić information content (AvgIpc) is 3.43. The number of nitrogens with zero attached hydrogens (tertiary/aromatic N) is 2. The molecular formula is C28H28N2O3S. The van der Waals surface area contributed by atoms with Crippen LogP contribution in [0.5, 0.6) is 11.5 Å². The maximum Gasteiger partial charge on any atom is 0.161 e. The van der Waals surface area contributed by atoms with Gasteiger partial charge < -0.3 is 18.9 Å². The maximum absolute atomic E-state index is 12.0. The fourth-order valence-corrected chi connectivity index (χ4v) is 6.11. The molecule has 174 valence electrons. The Balaban J connectivity index is 1.37. The van der Waals surface area contributed by atoms with E-state index in [4.69, 9.17) is 9.47 Å². The summed E-state index contributed by atoms with van der Waals surface area (Å²) in [5.41, 5.74) is 6.76. The predicted octanol–water partition coefficient (Wildman–Crippen LogP) is 5.51. The van der Waals surface area contributed by atoms with Crippen LogP contribution in [0.3, 0.4) is 0 Å². The van der Waals surface area contributed by atoms with Crippen LogP contribution in [0.15, 0.2) is 59.7 Å². The number of fused-ring (bicyclic) bond motifs is 2. The van der Waals surface area contributed by atoms with Crippen molar-refractivity contribution in [2.45, 2.75) is 30.6 Å². The molecular weight excluding hydrogens is 444 g/mol. The number of hydrogen-bond acceptors (Lipinski definition) is 5. The van der Waals surface area contributed by atoms with E-state index in [0.29, 0.717) is 11.4 Å². The van der Waals surface area contributed by atoms with Gasteiger partial charge >= 0.3 is 0 Å². The fourth-order valence-electron chi connectivity index (χ4n) is 5.08. The number of aldehydes is 1. The first-order chi connectivity index (χ1) is 16.6. The molecule has 6 rings (SSSR count). The van der Waals surface area contributed by atoms with E-state index in [1.54, 1.807) is 7.11 Å². The van der Waals surface area contributed by atoms with E-state index >= 15 is 0 Å². The molecule has 0 saturated heterocycles. The topological polar surface area (TPSA) is 43.7 Å². The van der Waals surface area contributed by atoms with Crippen molar-refractivity contribution >= 4 is 34.6 Å². The Labute approximate surface area is 204 Å². The van der Waals surface area contributed by atoms with Crippen molar-refractivity contribution in [2.24, 2.45) is 7.05 Å². The Morgan fingerprint density at radius 2 is 2.06 bits per heavy atom. The standard InChI is InChI=1S/C28H28N2O3S/c1-29-15-21(17-31)27-23(30-11-9-19-10-12-34-26(19)16-30)7-4-20(28(27)29)13-18-3-8-24(25(14-18)32-2)33-22-5-6-22/h3-4,7-10,12,14-15,17,22,26H,5-6,11,13,16H2,1-2H3. The molecule has 1 aliphatic carbocycles. The Bertz CT molecular complexity index is 1340.